The highest BCUT2D eigenvalue weighted by atomic mass is 32.2. The van der Waals surface area contributed by atoms with E-state index in [1.807, 2.05) is 13.0 Å². The summed E-state index contributed by atoms with van der Waals surface area (Å²) in [5.74, 6) is 0.826. The van der Waals surface area contributed by atoms with Gasteiger partial charge < -0.3 is 4.74 Å². The minimum absolute atomic E-state index is 0.0343. The first-order valence-corrected chi connectivity index (χ1v) is 8.32. The molecule has 110 valence electrons. The molecule has 5 heteroatoms. The van der Waals surface area contributed by atoms with Crippen molar-refractivity contribution in [1.29, 1.82) is 0 Å². The maximum absolute atomic E-state index is 12.1. The Morgan fingerprint density at radius 1 is 1.38 bits per heavy atom. The number of thioether (sulfide) groups is 1. The van der Waals surface area contributed by atoms with Crippen LogP contribution in [0.3, 0.4) is 0 Å². The van der Waals surface area contributed by atoms with E-state index < -0.39 is 0 Å². The van der Waals surface area contributed by atoms with Crippen molar-refractivity contribution in [3.63, 3.8) is 0 Å². The molecule has 1 aromatic rings. The van der Waals surface area contributed by atoms with Crippen molar-refractivity contribution in [3.8, 4) is 5.75 Å². The molecule has 1 amide bonds. The number of thiocarbonyl (C=S) groups is 1. The van der Waals surface area contributed by atoms with Gasteiger partial charge in [-0.2, -0.15) is 0 Å². The molecule has 0 N–H and O–H groups in total. The van der Waals surface area contributed by atoms with Gasteiger partial charge in [-0.3, -0.25) is 9.69 Å². The number of hydrogen-bond donors (Lipinski definition) is 0. The van der Waals surface area contributed by atoms with E-state index in [0.717, 1.165) is 24.2 Å². The van der Waals surface area contributed by atoms with Crippen LogP contribution in [0.4, 0.5) is 0 Å². The molecule has 0 bridgehead atoms. The molecule has 3 nitrogen and oxygen atoms in total. The van der Waals surface area contributed by atoms with Gasteiger partial charge >= 0.3 is 0 Å². The molecule has 0 unspecified atom stereocenters. The second-order valence-electron chi connectivity index (χ2n) is 5.19. The van der Waals surface area contributed by atoms with E-state index in [1.54, 1.807) is 7.05 Å². The number of benzene rings is 1. The lowest BCUT2D eigenvalue weighted by atomic mass is 10.0. The molecule has 1 aliphatic carbocycles. The summed E-state index contributed by atoms with van der Waals surface area (Å²) in [5.41, 5.74) is 3.72. The summed E-state index contributed by atoms with van der Waals surface area (Å²) in [7, 11) is 1.71. The normalized spacial score (nSPS) is 19.5. The monoisotopic (exact) mass is 319 g/mol. The first kappa shape index (κ1) is 14.6. The van der Waals surface area contributed by atoms with E-state index in [9.17, 15) is 4.79 Å². The molecule has 1 aliphatic heterocycles. The number of amides is 1. The Morgan fingerprint density at radius 2 is 2.10 bits per heavy atom. The average Bonchev–Trinajstić information content (AvgIpc) is 3.00. The molecular formula is C16H17NO2S2. The van der Waals surface area contributed by atoms with Gasteiger partial charge in [0.1, 0.15) is 10.1 Å². The lowest BCUT2D eigenvalue weighted by Gasteiger charge is -2.11. The molecule has 0 spiro atoms. The number of rotatable bonds is 3. The molecule has 21 heavy (non-hydrogen) atoms. The first-order valence-electron chi connectivity index (χ1n) is 7.10. The maximum Gasteiger partial charge on any atom is 0.265 e. The summed E-state index contributed by atoms with van der Waals surface area (Å²) >= 11 is 6.52. The van der Waals surface area contributed by atoms with Crippen LogP contribution >= 0.6 is 24.0 Å². The summed E-state index contributed by atoms with van der Waals surface area (Å²) in [5, 5.41) is 0. The molecule has 0 atom stereocenters. The molecule has 1 aromatic carbocycles. The van der Waals surface area contributed by atoms with Crippen LogP contribution in [0.15, 0.2) is 17.0 Å². The number of aryl methyl sites for hydroxylation is 2. The van der Waals surface area contributed by atoms with Gasteiger partial charge in [-0.1, -0.05) is 24.0 Å². The number of nitrogens with zero attached hydrogens (tertiary/aromatic N) is 1. The molecule has 0 aromatic heterocycles. The zero-order chi connectivity index (χ0) is 15.0. The highest BCUT2D eigenvalue weighted by Crippen LogP contribution is 2.36. The Bertz CT molecular complexity index is 652. The van der Waals surface area contributed by atoms with Gasteiger partial charge in [-0.15, -0.1) is 0 Å². The van der Waals surface area contributed by atoms with Crippen molar-refractivity contribution >= 4 is 40.3 Å². The lowest BCUT2D eigenvalue weighted by molar-refractivity contribution is -0.121. The molecular weight excluding hydrogens is 302 g/mol. The van der Waals surface area contributed by atoms with Gasteiger partial charge in [-0.05, 0) is 55.5 Å². The van der Waals surface area contributed by atoms with E-state index in [4.69, 9.17) is 17.0 Å². The van der Waals surface area contributed by atoms with Crippen molar-refractivity contribution in [3.05, 3.63) is 33.7 Å². The Hall–Kier alpha value is -1.33. The summed E-state index contributed by atoms with van der Waals surface area (Å²) in [6, 6.07) is 4.29. The number of carbonyl (C=O) groups is 1. The topological polar surface area (TPSA) is 29.5 Å². The standard InChI is InChI=1S/C16H17NO2S2/c1-3-19-13-8-11-6-4-5-10(11)7-12(13)9-14-15(18)17(2)16(20)21-14/h7-9H,3-6H2,1-2H3/b14-9+. The maximum atomic E-state index is 12.1. The van der Waals surface area contributed by atoms with E-state index in [-0.39, 0.29) is 5.91 Å². The number of fused-ring (bicyclic) bond motifs is 1. The molecule has 1 fully saturated rings. The zero-order valence-corrected chi connectivity index (χ0v) is 13.8. The highest BCUT2D eigenvalue weighted by Gasteiger charge is 2.29. The zero-order valence-electron chi connectivity index (χ0n) is 12.1. The Labute approximate surface area is 134 Å². The minimum Gasteiger partial charge on any atom is -0.493 e. The van der Waals surface area contributed by atoms with E-state index >= 15 is 0 Å². The van der Waals surface area contributed by atoms with Gasteiger partial charge in [0.15, 0.2) is 0 Å². The predicted octanol–water partition coefficient (Wildman–Crippen LogP) is 3.41. The summed E-state index contributed by atoms with van der Waals surface area (Å²) in [6.07, 6.45) is 5.33. The number of ether oxygens (including phenoxy) is 1. The van der Waals surface area contributed by atoms with Gasteiger partial charge in [-0.25, -0.2) is 0 Å². The summed E-state index contributed by atoms with van der Waals surface area (Å²) in [6.45, 7) is 2.59. The fourth-order valence-corrected chi connectivity index (χ4v) is 3.87. The SMILES string of the molecule is CCOc1cc2c(cc1/C=C1/SC(=S)N(C)C1=O)CCC2. The first-order chi connectivity index (χ1) is 10.1. The largest absolute Gasteiger partial charge is 0.493 e. The number of likely N-dealkylation sites (N-methyl/N-ethyl adjacent to an activating group) is 1. The van der Waals surface area contributed by atoms with Gasteiger partial charge in [0.05, 0.1) is 11.5 Å². The predicted molar refractivity (Wildman–Crippen MR) is 90.6 cm³/mol. The molecule has 3 rings (SSSR count). The Morgan fingerprint density at radius 3 is 2.71 bits per heavy atom. The molecule has 0 radical (unpaired) electrons. The van der Waals surface area contributed by atoms with Crippen LogP contribution in [0, 0.1) is 0 Å². The van der Waals surface area contributed by atoms with Crippen LogP contribution in [0.25, 0.3) is 6.08 Å². The molecule has 0 saturated carbocycles. The Kier molecular flexibility index (Phi) is 4.04. The van der Waals surface area contributed by atoms with Crippen LogP contribution in [0.1, 0.15) is 30.0 Å². The fourth-order valence-electron chi connectivity index (χ4n) is 2.70. The van der Waals surface area contributed by atoms with Crippen LogP contribution in [-0.4, -0.2) is 28.8 Å². The third kappa shape index (κ3) is 2.72. The number of hydrogen-bond acceptors (Lipinski definition) is 4. The minimum atomic E-state index is -0.0343. The van der Waals surface area contributed by atoms with Crippen molar-refractivity contribution < 1.29 is 9.53 Å². The van der Waals surface area contributed by atoms with Gasteiger partial charge in [0, 0.05) is 12.6 Å². The molecule has 1 saturated heterocycles. The van der Waals surface area contributed by atoms with Crippen LogP contribution < -0.4 is 4.74 Å². The van der Waals surface area contributed by atoms with Crippen molar-refractivity contribution in [2.24, 2.45) is 0 Å². The third-order valence-electron chi connectivity index (χ3n) is 3.80. The van der Waals surface area contributed by atoms with Crippen LogP contribution in [0.5, 0.6) is 5.75 Å². The van der Waals surface area contributed by atoms with Gasteiger partial charge in [0.25, 0.3) is 5.91 Å². The van der Waals surface area contributed by atoms with Crippen molar-refractivity contribution in [2.75, 3.05) is 13.7 Å². The van der Waals surface area contributed by atoms with Gasteiger partial charge in [0.2, 0.25) is 0 Å². The third-order valence-corrected chi connectivity index (χ3v) is 5.28. The van der Waals surface area contributed by atoms with Crippen molar-refractivity contribution in [1.82, 2.24) is 4.90 Å². The average molecular weight is 319 g/mol. The second-order valence-corrected chi connectivity index (χ2v) is 6.86. The van der Waals surface area contributed by atoms with E-state index in [1.165, 1.54) is 34.2 Å². The molecule has 2 aliphatic rings. The lowest BCUT2D eigenvalue weighted by Crippen LogP contribution is -2.22. The van der Waals surface area contributed by atoms with Crippen molar-refractivity contribution in [2.45, 2.75) is 26.2 Å². The van der Waals surface area contributed by atoms with E-state index in [2.05, 4.69) is 12.1 Å². The summed E-state index contributed by atoms with van der Waals surface area (Å²) in [4.78, 5) is 14.3. The summed E-state index contributed by atoms with van der Waals surface area (Å²) < 4.78 is 6.35. The van der Waals surface area contributed by atoms with Crippen LogP contribution in [0.2, 0.25) is 0 Å². The molecule has 1 heterocycles. The fraction of sp³-hybridized carbons (Fsp3) is 0.375. The highest BCUT2D eigenvalue weighted by molar-refractivity contribution is 8.26. The second kappa shape index (κ2) is 5.81. The number of carbonyl (C=O) groups excluding carboxylic acids is 1. The van der Waals surface area contributed by atoms with Crippen LogP contribution in [-0.2, 0) is 17.6 Å². The van der Waals surface area contributed by atoms with E-state index in [0.29, 0.717) is 15.8 Å². The smallest absolute Gasteiger partial charge is 0.265 e. The Balaban J connectivity index is 2.02. The quantitative estimate of drug-likeness (QED) is 0.631.